The van der Waals surface area contributed by atoms with Crippen molar-refractivity contribution in [3.05, 3.63) is 57.8 Å². The average Bonchev–Trinajstić information content (AvgIpc) is 2.82. The zero-order valence-corrected chi connectivity index (χ0v) is 20.5. The van der Waals surface area contributed by atoms with Crippen LogP contribution in [0.4, 0.5) is 0 Å². The van der Waals surface area contributed by atoms with Gasteiger partial charge in [0, 0.05) is 29.4 Å². The molecule has 1 aromatic heterocycles. The second-order valence-electron chi connectivity index (χ2n) is 9.69. The van der Waals surface area contributed by atoms with Crippen LogP contribution < -0.4 is 5.73 Å². The number of aromatic hydroxyl groups is 1. The number of amides is 1. The van der Waals surface area contributed by atoms with E-state index in [1.54, 1.807) is 20.2 Å². The maximum absolute atomic E-state index is 13.8. The molecule has 1 amide bonds. The number of carbonyl (C=O) groups excluding carboxylic acids is 3. The minimum atomic E-state index is -2.68. The van der Waals surface area contributed by atoms with E-state index >= 15 is 0 Å². The summed E-state index contributed by atoms with van der Waals surface area (Å²) in [6, 6.07) is 1.82. The summed E-state index contributed by atoms with van der Waals surface area (Å²) in [6.45, 7) is 0. The number of rotatable bonds is 3. The van der Waals surface area contributed by atoms with Gasteiger partial charge in [0.15, 0.2) is 11.4 Å². The Bertz CT molecular complexity index is 1450. The largest absolute Gasteiger partial charge is 0.508 e. The molecule has 0 spiro atoms. The van der Waals surface area contributed by atoms with Crippen LogP contribution in [0.5, 0.6) is 5.75 Å². The first-order valence-corrected chi connectivity index (χ1v) is 11.7. The molecule has 5 rings (SSSR count). The van der Waals surface area contributed by atoms with Crippen LogP contribution >= 0.6 is 11.6 Å². The normalized spacial score (nSPS) is 27.2. The Hall–Kier alpha value is -3.80. The minimum Gasteiger partial charge on any atom is -0.508 e. The maximum atomic E-state index is 13.8. The lowest BCUT2D eigenvalue weighted by molar-refractivity contribution is -0.153. The van der Waals surface area contributed by atoms with E-state index in [-0.39, 0.29) is 35.0 Å². The van der Waals surface area contributed by atoms with Crippen molar-refractivity contribution >= 4 is 34.8 Å². The van der Waals surface area contributed by atoms with Crippen molar-refractivity contribution in [2.45, 2.75) is 24.5 Å². The molecule has 37 heavy (non-hydrogen) atoms. The van der Waals surface area contributed by atoms with Gasteiger partial charge in [-0.3, -0.25) is 19.3 Å². The molecule has 0 bridgehead atoms. The van der Waals surface area contributed by atoms with E-state index in [0.29, 0.717) is 16.7 Å². The molecule has 6 N–H and O–H groups in total. The van der Waals surface area contributed by atoms with Crippen molar-refractivity contribution in [1.29, 1.82) is 0 Å². The first-order chi connectivity index (χ1) is 17.4. The summed E-state index contributed by atoms with van der Waals surface area (Å²) in [5, 5.41) is 44.5. The molecule has 12 heteroatoms. The van der Waals surface area contributed by atoms with Crippen molar-refractivity contribution in [2.75, 3.05) is 14.1 Å². The van der Waals surface area contributed by atoms with Gasteiger partial charge >= 0.3 is 0 Å². The number of phenols is 1. The summed E-state index contributed by atoms with van der Waals surface area (Å²) in [5.74, 6) is -6.97. The van der Waals surface area contributed by atoms with Gasteiger partial charge in [-0.25, -0.2) is 9.97 Å². The quantitative estimate of drug-likeness (QED) is 0.286. The minimum absolute atomic E-state index is 0.00201. The summed E-state index contributed by atoms with van der Waals surface area (Å²) >= 11 is 5.81. The van der Waals surface area contributed by atoms with E-state index < -0.39 is 58.0 Å². The number of aliphatic hydroxyl groups is 3. The van der Waals surface area contributed by atoms with Crippen LogP contribution in [-0.2, 0) is 20.8 Å². The number of phenolic OH excluding ortho intramolecular Hbond substituents is 1. The lowest BCUT2D eigenvalue weighted by Crippen LogP contribution is -2.65. The molecule has 1 saturated carbocycles. The fourth-order valence-corrected chi connectivity index (χ4v) is 6.06. The van der Waals surface area contributed by atoms with Crippen molar-refractivity contribution in [3.8, 4) is 16.9 Å². The first kappa shape index (κ1) is 24.9. The molecule has 0 saturated heterocycles. The molecular formula is C25H23ClN4O7. The Morgan fingerprint density at radius 1 is 1.16 bits per heavy atom. The smallest absolute Gasteiger partial charge is 0.255 e. The molecule has 11 nitrogen and oxygen atoms in total. The second-order valence-corrected chi connectivity index (χ2v) is 10.0. The predicted octanol–water partition coefficient (Wildman–Crippen LogP) is 1.07. The molecule has 192 valence electrons. The van der Waals surface area contributed by atoms with Gasteiger partial charge in [-0.1, -0.05) is 6.07 Å². The van der Waals surface area contributed by atoms with Gasteiger partial charge in [0.2, 0.25) is 11.1 Å². The highest BCUT2D eigenvalue weighted by molar-refractivity contribution is 6.28. The summed E-state index contributed by atoms with van der Waals surface area (Å²) in [4.78, 5) is 48.5. The number of hydrogen-bond acceptors (Lipinski definition) is 10. The molecule has 0 radical (unpaired) electrons. The Morgan fingerprint density at radius 3 is 2.41 bits per heavy atom. The molecule has 1 aromatic carbocycles. The highest BCUT2D eigenvalue weighted by Gasteiger charge is 2.64. The van der Waals surface area contributed by atoms with Crippen LogP contribution in [0.25, 0.3) is 16.9 Å². The highest BCUT2D eigenvalue weighted by Crippen LogP contribution is 2.53. The number of primary amides is 1. The highest BCUT2D eigenvalue weighted by atomic mass is 35.5. The molecule has 1 unspecified atom stereocenters. The van der Waals surface area contributed by atoms with E-state index in [1.165, 1.54) is 23.4 Å². The zero-order chi connectivity index (χ0) is 27.0. The van der Waals surface area contributed by atoms with Crippen molar-refractivity contribution < 1.29 is 34.8 Å². The van der Waals surface area contributed by atoms with E-state index in [9.17, 15) is 34.8 Å². The number of aromatic nitrogens is 2. The van der Waals surface area contributed by atoms with E-state index in [1.807, 2.05) is 0 Å². The molecule has 3 aliphatic carbocycles. The van der Waals surface area contributed by atoms with E-state index in [4.69, 9.17) is 17.3 Å². The Morgan fingerprint density at radius 2 is 1.81 bits per heavy atom. The van der Waals surface area contributed by atoms with Crippen molar-refractivity contribution in [1.82, 2.24) is 14.9 Å². The molecule has 4 atom stereocenters. The van der Waals surface area contributed by atoms with Crippen LogP contribution in [-0.4, -0.2) is 78.5 Å². The summed E-state index contributed by atoms with van der Waals surface area (Å²) in [7, 11) is 3.09. The number of nitrogens with two attached hydrogens (primary N) is 1. The molecule has 1 heterocycles. The Balaban J connectivity index is 1.74. The summed E-state index contributed by atoms with van der Waals surface area (Å²) < 4.78 is 0. The predicted molar refractivity (Wildman–Crippen MR) is 130 cm³/mol. The number of halogens is 1. The Labute approximate surface area is 215 Å². The molecule has 3 aliphatic rings. The molecule has 2 aromatic rings. The lowest BCUT2D eigenvalue weighted by atomic mass is 9.57. The van der Waals surface area contributed by atoms with E-state index in [2.05, 4.69) is 9.97 Å². The van der Waals surface area contributed by atoms with Gasteiger partial charge in [-0.15, -0.1) is 0 Å². The monoisotopic (exact) mass is 526 g/mol. The van der Waals surface area contributed by atoms with Crippen LogP contribution in [0.1, 0.15) is 17.5 Å². The SMILES string of the molecule is CN(C)C1C(=O)C(C(N)=O)=C(O)[C@]2(O)C(=O)C3=C(O)c4c(O)ccc(-c5cnc(Cl)nc5)c4C[C@H]3C[C@@H]12. The molecule has 1 fully saturated rings. The average molecular weight is 527 g/mol. The molecule has 0 aliphatic heterocycles. The fourth-order valence-electron chi connectivity index (χ4n) is 5.97. The number of carbonyl (C=O) groups is 3. The van der Waals surface area contributed by atoms with Gasteiger partial charge in [0.05, 0.1) is 11.6 Å². The Kier molecular flexibility index (Phi) is 5.63. The number of Topliss-reactive ketones (excluding diaryl/α,β-unsaturated/α-hetero) is 2. The second kappa shape index (κ2) is 8.37. The number of ketones is 2. The topological polar surface area (TPSA) is 187 Å². The van der Waals surface area contributed by atoms with Crippen LogP contribution in [0.2, 0.25) is 5.28 Å². The number of likely N-dealkylation sites (N-methyl/N-ethyl adjacent to an activating group) is 1. The third-order valence-corrected chi connectivity index (χ3v) is 7.73. The van der Waals surface area contributed by atoms with Crippen LogP contribution in [0, 0.1) is 11.8 Å². The molecular weight excluding hydrogens is 504 g/mol. The van der Waals surface area contributed by atoms with Crippen LogP contribution in [0.15, 0.2) is 41.4 Å². The third-order valence-electron chi connectivity index (χ3n) is 7.54. The first-order valence-electron chi connectivity index (χ1n) is 11.4. The van der Waals surface area contributed by atoms with Gasteiger partial charge in [0.25, 0.3) is 5.91 Å². The zero-order valence-electron chi connectivity index (χ0n) is 19.8. The van der Waals surface area contributed by atoms with E-state index in [0.717, 1.165) is 0 Å². The summed E-state index contributed by atoms with van der Waals surface area (Å²) in [6.07, 6.45) is 3.12. The lowest BCUT2D eigenvalue weighted by Gasteiger charge is -2.50. The number of benzene rings is 1. The standard InChI is InChI=1S/C25H23ClN4O7/c1-30(2)18-13-6-9-5-12-11(10-7-28-24(26)29-8-10)3-4-14(31)16(12)19(32)15(9)21(34)25(13,37)22(35)17(20(18)33)23(27)36/h3-4,7-9,13,18,31-32,35,37H,5-6H2,1-2H3,(H2,27,36)/t9-,13-,18?,25+/m0/s1. The number of hydrogen-bond donors (Lipinski definition) is 5. The maximum Gasteiger partial charge on any atom is 0.255 e. The van der Waals surface area contributed by atoms with Gasteiger partial charge in [-0.05, 0) is 61.6 Å². The van der Waals surface area contributed by atoms with Crippen molar-refractivity contribution in [2.24, 2.45) is 17.6 Å². The fraction of sp³-hybridized carbons (Fsp3) is 0.320. The number of nitrogens with zero attached hydrogens (tertiary/aromatic N) is 3. The van der Waals surface area contributed by atoms with Crippen LogP contribution in [0.3, 0.4) is 0 Å². The summed E-state index contributed by atoms with van der Waals surface area (Å²) in [5.41, 5.74) is 3.23. The number of fused-ring (bicyclic) bond motifs is 3. The van der Waals surface area contributed by atoms with Gasteiger partial charge in [-0.2, -0.15) is 0 Å². The van der Waals surface area contributed by atoms with Gasteiger partial charge < -0.3 is 26.2 Å². The number of aliphatic hydroxyl groups excluding tert-OH is 2. The third kappa shape index (κ3) is 3.38. The van der Waals surface area contributed by atoms with Gasteiger partial charge in [0.1, 0.15) is 22.8 Å². The van der Waals surface area contributed by atoms with Crippen molar-refractivity contribution in [3.63, 3.8) is 0 Å².